The molecule has 0 bridgehead atoms. The van der Waals surface area contributed by atoms with Crippen LogP contribution in [0.5, 0.6) is 0 Å². The predicted octanol–water partition coefficient (Wildman–Crippen LogP) is 0.204. The second-order valence-electron chi connectivity index (χ2n) is 5.59. The maximum atomic E-state index is 12.1. The van der Waals surface area contributed by atoms with Gasteiger partial charge in [-0.25, -0.2) is 0 Å². The summed E-state index contributed by atoms with van der Waals surface area (Å²) in [6, 6.07) is 0. The van der Waals surface area contributed by atoms with Crippen LogP contribution in [-0.4, -0.2) is 75.4 Å². The molecule has 2 heterocycles. The zero-order valence-corrected chi connectivity index (χ0v) is 11.5. The molecule has 2 rings (SSSR count). The van der Waals surface area contributed by atoms with Crippen LogP contribution in [0.2, 0.25) is 0 Å². The zero-order valence-electron chi connectivity index (χ0n) is 11.5. The summed E-state index contributed by atoms with van der Waals surface area (Å²) in [5, 5.41) is 0. The Labute approximate surface area is 109 Å². The van der Waals surface area contributed by atoms with Crippen LogP contribution in [0.25, 0.3) is 0 Å². The van der Waals surface area contributed by atoms with Crippen molar-refractivity contribution >= 4 is 5.91 Å². The number of hydrogen-bond donors (Lipinski definition) is 0. The van der Waals surface area contributed by atoms with Gasteiger partial charge in [-0.15, -0.1) is 0 Å². The third-order valence-corrected chi connectivity index (χ3v) is 3.78. The van der Waals surface area contributed by atoms with Crippen molar-refractivity contribution in [1.29, 1.82) is 0 Å². The van der Waals surface area contributed by atoms with E-state index in [0.29, 0.717) is 13.2 Å². The molecule has 5 heteroatoms. The van der Waals surface area contributed by atoms with Gasteiger partial charge in [-0.3, -0.25) is 9.69 Å². The molecule has 0 aliphatic carbocycles. The second-order valence-corrected chi connectivity index (χ2v) is 5.59. The highest BCUT2D eigenvalue weighted by Crippen LogP contribution is 2.28. The molecule has 5 nitrogen and oxygen atoms in total. The van der Waals surface area contributed by atoms with E-state index in [2.05, 4.69) is 4.90 Å². The molecule has 2 aliphatic rings. The van der Waals surface area contributed by atoms with Gasteiger partial charge in [0.05, 0.1) is 31.8 Å². The second kappa shape index (κ2) is 5.99. The minimum atomic E-state index is -0.270. The fourth-order valence-corrected chi connectivity index (χ4v) is 2.45. The highest BCUT2D eigenvalue weighted by Gasteiger charge is 2.42. The van der Waals surface area contributed by atoms with E-state index in [0.717, 1.165) is 45.8 Å². The van der Waals surface area contributed by atoms with Gasteiger partial charge >= 0.3 is 0 Å². The first-order valence-corrected chi connectivity index (χ1v) is 6.75. The largest absolute Gasteiger partial charge is 0.379 e. The number of carbonyl (C=O) groups is 1. The van der Waals surface area contributed by atoms with Gasteiger partial charge < -0.3 is 14.4 Å². The van der Waals surface area contributed by atoms with Gasteiger partial charge in [-0.05, 0) is 13.3 Å². The first kappa shape index (κ1) is 13.8. The smallest absolute Gasteiger partial charge is 0.232 e. The first-order chi connectivity index (χ1) is 8.62. The third-order valence-electron chi connectivity index (χ3n) is 3.78. The highest BCUT2D eigenvalue weighted by atomic mass is 16.5. The molecule has 2 fully saturated rings. The Morgan fingerprint density at radius 3 is 2.50 bits per heavy atom. The Morgan fingerprint density at radius 1 is 1.28 bits per heavy atom. The number of morpholine rings is 1. The molecule has 0 N–H and O–H groups in total. The number of hydrogen-bond acceptors (Lipinski definition) is 4. The summed E-state index contributed by atoms with van der Waals surface area (Å²) in [7, 11) is 1.89. The van der Waals surface area contributed by atoms with Crippen molar-refractivity contribution in [1.82, 2.24) is 9.80 Å². The van der Waals surface area contributed by atoms with Crippen molar-refractivity contribution in [3.05, 3.63) is 0 Å². The van der Waals surface area contributed by atoms with Crippen molar-refractivity contribution in [2.45, 2.75) is 13.3 Å². The molecule has 18 heavy (non-hydrogen) atoms. The minimum absolute atomic E-state index is 0.218. The van der Waals surface area contributed by atoms with E-state index in [1.54, 1.807) is 0 Å². The Hall–Kier alpha value is -0.650. The van der Waals surface area contributed by atoms with Gasteiger partial charge in [0.25, 0.3) is 0 Å². The Bertz CT molecular complexity index is 286. The average molecular weight is 256 g/mol. The molecule has 0 aromatic heterocycles. The molecule has 2 saturated heterocycles. The van der Waals surface area contributed by atoms with E-state index < -0.39 is 0 Å². The normalized spacial score (nSPS) is 23.4. The number of carbonyl (C=O) groups excluding carboxylic acids is 1. The quantitative estimate of drug-likeness (QED) is 0.705. The fourth-order valence-electron chi connectivity index (χ4n) is 2.45. The summed E-state index contributed by atoms with van der Waals surface area (Å²) in [5.41, 5.74) is -0.270. The Balaban J connectivity index is 1.64. The lowest BCUT2D eigenvalue weighted by atomic mass is 9.87. The molecular formula is C13H24N2O3. The lowest BCUT2D eigenvalue weighted by Gasteiger charge is -2.39. The van der Waals surface area contributed by atoms with Gasteiger partial charge in [0.1, 0.15) is 0 Å². The molecule has 0 saturated carbocycles. The number of nitrogens with zero attached hydrogens (tertiary/aromatic N) is 2. The van der Waals surface area contributed by atoms with E-state index in [9.17, 15) is 4.79 Å². The topological polar surface area (TPSA) is 42.0 Å². The number of ether oxygens (including phenoxy) is 2. The molecule has 0 spiro atoms. The third kappa shape index (κ3) is 3.22. The van der Waals surface area contributed by atoms with Gasteiger partial charge in [-0.2, -0.15) is 0 Å². The summed E-state index contributed by atoms with van der Waals surface area (Å²) in [6.45, 7) is 8.71. The van der Waals surface area contributed by atoms with Crippen LogP contribution in [-0.2, 0) is 14.3 Å². The van der Waals surface area contributed by atoms with Crippen LogP contribution in [0, 0.1) is 5.41 Å². The zero-order chi connectivity index (χ0) is 13.0. The van der Waals surface area contributed by atoms with Gasteiger partial charge in [0.2, 0.25) is 5.91 Å². The summed E-state index contributed by atoms with van der Waals surface area (Å²) >= 11 is 0. The lowest BCUT2D eigenvalue weighted by Crippen LogP contribution is -2.52. The van der Waals surface area contributed by atoms with Crippen molar-refractivity contribution < 1.29 is 14.3 Å². The molecule has 2 aliphatic heterocycles. The van der Waals surface area contributed by atoms with Crippen LogP contribution < -0.4 is 0 Å². The van der Waals surface area contributed by atoms with E-state index in [-0.39, 0.29) is 11.3 Å². The van der Waals surface area contributed by atoms with E-state index in [1.165, 1.54) is 0 Å². The van der Waals surface area contributed by atoms with Crippen LogP contribution in [0.1, 0.15) is 13.3 Å². The molecule has 0 radical (unpaired) electrons. The molecule has 0 aromatic carbocycles. The maximum Gasteiger partial charge on any atom is 0.232 e. The summed E-state index contributed by atoms with van der Waals surface area (Å²) in [6.07, 6.45) is 1.03. The first-order valence-electron chi connectivity index (χ1n) is 6.75. The maximum absolute atomic E-state index is 12.1. The number of rotatable bonds is 5. The Morgan fingerprint density at radius 2 is 1.94 bits per heavy atom. The van der Waals surface area contributed by atoms with Crippen LogP contribution in [0.3, 0.4) is 0 Å². The average Bonchev–Trinajstić information content (AvgIpc) is 2.36. The lowest BCUT2D eigenvalue weighted by molar-refractivity contribution is -0.167. The van der Waals surface area contributed by atoms with Crippen molar-refractivity contribution in [2.75, 3.05) is 59.7 Å². The van der Waals surface area contributed by atoms with E-state index in [1.807, 2.05) is 18.9 Å². The fraction of sp³-hybridized carbons (Fsp3) is 0.923. The van der Waals surface area contributed by atoms with Gasteiger partial charge in [-0.1, -0.05) is 0 Å². The Kier molecular flexibility index (Phi) is 4.59. The van der Waals surface area contributed by atoms with E-state index in [4.69, 9.17) is 9.47 Å². The molecule has 104 valence electrons. The SMILES string of the molecule is CN(CCCN1CCOCC1)C(=O)C1(C)COC1. The predicted molar refractivity (Wildman–Crippen MR) is 68.4 cm³/mol. The molecule has 1 amide bonds. The van der Waals surface area contributed by atoms with E-state index >= 15 is 0 Å². The monoisotopic (exact) mass is 256 g/mol. The number of amides is 1. The minimum Gasteiger partial charge on any atom is -0.379 e. The van der Waals surface area contributed by atoms with Crippen molar-refractivity contribution in [3.63, 3.8) is 0 Å². The highest BCUT2D eigenvalue weighted by molar-refractivity contribution is 5.83. The molecular weight excluding hydrogens is 232 g/mol. The van der Waals surface area contributed by atoms with Gasteiger partial charge in [0.15, 0.2) is 0 Å². The molecule has 0 unspecified atom stereocenters. The van der Waals surface area contributed by atoms with Crippen LogP contribution >= 0.6 is 0 Å². The molecule has 0 aromatic rings. The van der Waals surface area contributed by atoms with Crippen molar-refractivity contribution in [3.8, 4) is 0 Å². The molecule has 0 atom stereocenters. The standard InChI is InChI=1S/C13H24N2O3/c1-13(10-18-11-13)12(16)14(2)4-3-5-15-6-8-17-9-7-15/h3-11H2,1-2H3. The van der Waals surface area contributed by atoms with Gasteiger partial charge in [0, 0.05) is 33.2 Å². The summed E-state index contributed by atoms with van der Waals surface area (Å²) < 4.78 is 10.5. The van der Waals surface area contributed by atoms with Crippen LogP contribution in [0.15, 0.2) is 0 Å². The van der Waals surface area contributed by atoms with Crippen LogP contribution in [0.4, 0.5) is 0 Å². The summed E-state index contributed by atoms with van der Waals surface area (Å²) in [4.78, 5) is 16.4. The van der Waals surface area contributed by atoms with Crippen molar-refractivity contribution in [2.24, 2.45) is 5.41 Å². The summed E-state index contributed by atoms with van der Waals surface area (Å²) in [5.74, 6) is 0.218.